The third-order valence-corrected chi connectivity index (χ3v) is 4.16. The van der Waals surface area contributed by atoms with Crippen LogP contribution in [0.1, 0.15) is 44.9 Å². The second kappa shape index (κ2) is 10.0. The molecule has 0 aliphatic heterocycles. The Bertz CT molecular complexity index is 632. The number of ether oxygens (including phenoxy) is 1. The van der Waals surface area contributed by atoms with E-state index in [-0.39, 0.29) is 30.1 Å². The van der Waals surface area contributed by atoms with E-state index in [1.54, 1.807) is 0 Å². The minimum absolute atomic E-state index is 0.133. The van der Waals surface area contributed by atoms with Gasteiger partial charge in [0.2, 0.25) is 5.91 Å². The molecule has 0 aromatic heterocycles. The molecule has 0 spiro atoms. The van der Waals surface area contributed by atoms with E-state index in [1.165, 1.54) is 18.6 Å². The number of hydrogen-bond acceptors (Lipinski definition) is 3. The Labute approximate surface area is 155 Å². The van der Waals surface area contributed by atoms with E-state index in [0.717, 1.165) is 37.8 Å². The summed E-state index contributed by atoms with van der Waals surface area (Å²) < 4.78 is 40.4. The first-order valence-electron chi connectivity index (χ1n) is 9.02. The zero-order chi connectivity index (χ0) is 19.7. The molecule has 0 radical (unpaired) electrons. The highest BCUT2D eigenvalue weighted by atomic mass is 19.4. The number of benzene rings is 1. The van der Waals surface area contributed by atoms with Crippen molar-refractivity contribution in [1.29, 1.82) is 0 Å². The number of carbonyl (C=O) groups is 2. The summed E-state index contributed by atoms with van der Waals surface area (Å²) in [6.07, 6.45) is 1.21. The third kappa shape index (κ3) is 8.65. The number of amides is 3. The van der Waals surface area contributed by atoms with E-state index in [2.05, 4.69) is 20.7 Å². The van der Waals surface area contributed by atoms with Crippen molar-refractivity contribution in [3.8, 4) is 5.75 Å². The fourth-order valence-electron chi connectivity index (χ4n) is 2.93. The first-order chi connectivity index (χ1) is 12.8. The van der Waals surface area contributed by atoms with Gasteiger partial charge in [0.05, 0.1) is 0 Å². The minimum atomic E-state index is -4.79. The van der Waals surface area contributed by atoms with Crippen molar-refractivity contribution in [1.82, 2.24) is 10.6 Å². The lowest BCUT2D eigenvalue weighted by atomic mass is 9.96. The van der Waals surface area contributed by atoms with E-state index in [0.29, 0.717) is 13.0 Å². The minimum Gasteiger partial charge on any atom is -0.406 e. The van der Waals surface area contributed by atoms with E-state index < -0.39 is 12.1 Å². The summed E-state index contributed by atoms with van der Waals surface area (Å²) in [6, 6.07) is 5.05. The molecule has 3 N–H and O–H groups in total. The van der Waals surface area contributed by atoms with Gasteiger partial charge < -0.3 is 20.7 Å². The Morgan fingerprint density at radius 3 is 2.59 bits per heavy atom. The quantitative estimate of drug-likeness (QED) is 0.620. The van der Waals surface area contributed by atoms with Gasteiger partial charge in [-0.25, -0.2) is 4.79 Å². The number of urea groups is 1. The molecule has 0 unspecified atom stereocenters. The standard InChI is InChI=1S/C18H24F3N3O3/c19-18(20,21)27-15-9-4-8-14(12-15)23-16(25)10-5-11-22-17(26)24-13-6-2-1-3-7-13/h4,8-9,12-13H,1-3,5-7,10-11H2,(H,23,25)(H2,22,24,26). The number of rotatable bonds is 7. The Balaban J connectivity index is 1.64. The van der Waals surface area contributed by atoms with Crippen LogP contribution in [-0.2, 0) is 4.79 Å². The number of halogens is 3. The molecule has 1 fully saturated rings. The second-order valence-corrected chi connectivity index (χ2v) is 6.46. The van der Waals surface area contributed by atoms with Gasteiger partial charge in [-0.1, -0.05) is 25.3 Å². The second-order valence-electron chi connectivity index (χ2n) is 6.46. The maximum atomic E-state index is 12.2. The Kier molecular flexibility index (Phi) is 7.75. The molecule has 0 heterocycles. The Morgan fingerprint density at radius 2 is 1.89 bits per heavy atom. The van der Waals surface area contributed by atoms with Crippen LogP contribution in [0.3, 0.4) is 0 Å². The molecule has 1 saturated carbocycles. The van der Waals surface area contributed by atoms with Crippen molar-refractivity contribution in [2.75, 3.05) is 11.9 Å². The van der Waals surface area contributed by atoms with Crippen molar-refractivity contribution in [2.45, 2.75) is 57.3 Å². The summed E-state index contributed by atoms with van der Waals surface area (Å²) in [6.45, 7) is 0.337. The molecule has 0 atom stereocenters. The van der Waals surface area contributed by atoms with Gasteiger partial charge in [0.25, 0.3) is 0 Å². The molecular weight excluding hydrogens is 363 g/mol. The molecule has 1 aliphatic rings. The topological polar surface area (TPSA) is 79.5 Å². The van der Waals surface area contributed by atoms with Gasteiger partial charge >= 0.3 is 12.4 Å². The molecule has 1 aliphatic carbocycles. The van der Waals surface area contributed by atoms with Crippen LogP contribution in [0, 0.1) is 0 Å². The summed E-state index contributed by atoms with van der Waals surface area (Å²) in [7, 11) is 0. The molecule has 0 saturated heterocycles. The molecule has 1 aromatic rings. The van der Waals surface area contributed by atoms with Gasteiger partial charge in [0.1, 0.15) is 5.75 Å². The highest BCUT2D eigenvalue weighted by Gasteiger charge is 2.31. The normalized spacial score (nSPS) is 15.1. The SMILES string of the molecule is O=C(CCCNC(=O)NC1CCCCC1)Nc1cccc(OC(F)(F)F)c1. The average Bonchev–Trinajstić information content (AvgIpc) is 2.58. The van der Waals surface area contributed by atoms with Crippen LogP contribution in [0.25, 0.3) is 0 Å². The molecule has 0 bridgehead atoms. The molecule has 3 amide bonds. The number of alkyl halides is 3. The van der Waals surface area contributed by atoms with Crippen LogP contribution >= 0.6 is 0 Å². The first-order valence-corrected chi connectivity index (χ1v) is 9.02. The van der Waals surface area contributed by atoms with Gasteiger partial charge in [-0.15, -0.1) is 13.2 Å². The first kappa shape index (κ1) is 20.9. The highest BCUT2D eigenvalue weighted by molar-refractivity contribution is 5.90. The third-order valence-electron chi connectivity index (χ3n) is 4.16. The molecule has 2 rings (SSSR count). The van der Waals surface area contributed by atoms with Crippen molar-refractivity contribution in [3.63, 3.8) is 0 Å². The molecule has 6 nitrogen and oxygen atoms in total. The maximum absolute atomic E-state index is 12.2. The molecule has 9 heteroatoms. The number of anilines is 1. The van der Waals surface area contributed by atoms with Gasteiger partial charge in [0.15, 0.2) is 0 Å². The van der Waals surface area contributed by atoms with Crippen molar-refractivity contribution >= 4 is 17.6 Å². The van der Waals surface area contributed by atoms with Gasteiger partial charge in [0, 0.05) is 30.8 Å². The summed E-state index contributed by atoms with van der Waals surface area (Å²) >= 11 is 0. The summed E-state index contributed by atoms with van der Waals surface area (Å²) in [5, 5.41) is 8.13. The van der Waals surface area contributed by atoms with Crippen LogP contribution in [-0.4, -0.2) is 30.9 Å². The number of hydrogen-bond donors (Lipinski definition) is 3. The zero-order valence-corrected chi connectivity index (χ0v) is 14.9. The van der Waals surface area contributed by atoms with Gasteiger partial charge in [-0.3, -0.25) is 4.79 Å². The fourth-order valence-corrected chi connectivity index (χ4v) is 2.93. The largest absolute Gasteiger partial charge is 0.573 e. The molecule has 27 heavy (non-hydrogen) atoms. The molecule has 1 aromatic carbocycles. The van der Waals surface area contributed by atoms with Crippen LogP contribution in [0.2, 0.25) is 0 Å². The highest BCUT2D eigenvalue weighted by Crippen LogP contribution is 2.25. The van der Waals surface area contributed by atoms with Gasteiger partial charge in [-0.2, -0.15) is 0 Å². The molecular formula is C18H24F3N3O3. The Morgan fingerprint density at radius 1 is 1.15 bits per heavy atom. The van der Waals surface area contributed by atoms with Gasteiger partial charge in [-0.05, 0) is 31.4 Å². The average molecular weight is 387 g/mol. The van der Waals surface area contributed by atoms with Crippen LogP contribution in [0.4, 0.5) is 23.7 Å². The van der Waals surface area contributed by atoms with E-state index in [9.17, 15) is 22.8 Å². The van der Waals surface area contributed by atoms with E-state index >= 15 is 0 Å². The summed E-state index contributed by atoms with van der Waals surface area (Å²) in [5.74, 6) is -0.755. The monoisotopic (exact) mass is 387 g/mol. The predicted octanol–water partition coefficient (Wildman–Crippen LogP) is 3.94. The lowest BCUT2D eigenvalue weighted by Crippen LogP contribution is -2.43. The Hall–Kier alpha value is -2.45. The van der Waals surface area contributed by atoms with Crippen LogP contribution < -0.4 is 20.7 Å². The zero-order valence-electron chi connectivity index (χ0n) is 14.9. The number of nitrogens with one attached hydrogen (secondary N) is 3. The fraction of sp³-hybridized carbons (Fsp3) is 0.556. The van der Waals surface area contributed by atoms with Crippen molar-refractivity contribution < 1.29 is 27.5 Å². The van der Waals surface area contributed by atoms with E-state index in [1.807, 2.05) is 0 Å². The maximum Gasteiger partial charge on any atom is 0.573 e. The predicted molar refractivity (Wildman–Crippen MR) is 94.4 cm³/mol. The van der Waals surface area contributed by atoms with E-state index in [4.69, 9.17) is 0 Å². The van der Waals surface area contributed by atoms with Crippen LogP contribution in [0.5, 0.6) is 5.75 Å². The molecule has 150 valence electrons. The lowest BCUT2D eigenvalue weighted by Gasteiger charge is -2.22. The van der Waals surface area contributed by atoms with Crippen molar-refractivity contribution in [3.05, 3.63) is 24.3 Å². The van der Waals surface area contributed by atoms with Crippen LogP contribution in [0.15, 0.2) is 24.3 Å². The smallest absolute Gasteiger partial charge is 0.406 e. The number of carbonyl (C=O) groups excluding carboxylic acids is 2. The lowest BCUT2D eigenvalue weighted by molar-refractivity contribution is -0.274. The van der Waals surface area contributed by atoms with Crippen molar-refractivity contribution in [2.24, 2.45) is 0 Å². The summed E-state index contributed by atoms with van der Waals surface area (Å²) in [5.41, 5.74) is 0.213. The summed E-state index contributed by atoms with van der Waals surface area (Å²) in [4.78, 5) is 23.6.